The highest BCUT2D eigenvalue weighted by molar-refractivity contribution is 5.06. The van der Waals surface area contributed by atoms with Crippen LogP contribution in [0.1, 0.15) is 38.4 Å². The van der Waals surface area contributed by atoms with Crippen molar-refractivity contribution in [2.75, 3.05) is 20.3 Å². The molecule has 2 heterocycles. The van der Waals surface area contributed by atoms with Crippen molar-refractivity contribution in [2.45, 2.75) is 44.9 Å². The summed E-state index contributed by atoms with van der Waals surface area (Å²) in [5, 5.41) is 0. The molecule has 5 nitrogen and oxygen atoms in total. The first-order chi connectivity index (χ1) is 9.06. The maximum Gasteiger partial charge on any atom is 0.111 e. The van der Waals surface area contributed by atoms with E-state index in [0.29, 0.717) is 12.5 Å². The summed E-state index contributed by atoms with van der Waals surface area (Å²) in [4.78, 5) is 4.24. The molecule has 108 valence electrons. The van der Waals surface area contributed by atoms with Gasteiger partial charge >= 0.3 is 0 Å². The Kier molecular flexibility index (Phi) is 4.60. The van der Waals surface area contributed by atoms with Crippen LogP contribution in [0.4, 0.5) is 0 Å². The smallest absolute Gasteiger partial charge is 0.111 e. The second-order valence-corrected chi connectivity index (χ2v) is 5.87. The first kappa shape index (κ1) is 14.5. The summed E-state index contributed by atoms with van der Waals surface area (Å²) in [6.45, 7) is 6.52. The minimum Gasteiger partial charge on any atom is -0.378 e. The van der Waals surface area contributed by atoms with Gasteiger partial charge in [0.25, 0.3) is 0 Å². The van der Waals surface area contributed by atoms with Crippen LogP contribution in [0, 0.1) is 5.92 Å². The van der Waals surface area contributed by atoms with Crippen LogP contribution in [0.3, 0.4) is 0 Å². The molecule has 1 aromatic heterocycles. The van der Waals surface area contributed by atoms with Crippen molar-refractivity contribution in [3.05, 3.63) is 18.2 Å². The molecular weight excluding hydrogens is 242 g/mol. The Balaban J connectivity index is 2.10. The molecule has 1 aliphatic rings. The van der Waals surface area contributed by atoms with Crippen LogP contribution >= 0.6 is 0 Å². The third kappa shape index (κ3) is 3.35. The number of methoxy groups -OCH3 is 1. The lowest BCUT2D eigenvalue weighted by Crippen LogP contribution is -2.37. The quantitative estimate of drug-likeness (QED) is 0.852. The maximum atomic E-state index is 6.27. The highest BCUT2D eigenvalue weighted by Crippen LogP contribution is 2.27. The molecule has 2 atom stereocenters. The molecule has 0 amide bonds. The standard InChI is InChI=1S/C14H25N3O2/c1-11(2)6-12(15)13-7-16-10-17(13)8-14(18-3)4-5-19-9-14/h7,10-12H,4-6,8-9,15H2,1-3H3. The monoisotopic (exact) mass is 267 g/mol. The van der Waals surface area contributed by atoms with E-state index in [-0.39, 0.29) is 11.6 Å². The fraction of sp³-hybridized carbons (Fsp3) is 0.786. The first-order valence-corrected chi connectivity index (χ1v) is 6.95. The molecule has 0 spiro atoms. The third-order valence-corrected chi connectivity index (χ3v) is 3.81. The average molecular weight is 267 g/mol. The number of hydrogen-bond donors (Lipinski definition) is 1. The number of nitrogens with two attached hydrogens (primary N) is 1. The van der Waals surface area contributed by atoms with Crippen molar-refractivity contribution in [1.29, 1.82) is 0 Å². The van der Waals surface area contributed by atoms with Crippen LogP contribution in [0.2, 0.25) is 0 Å². The van der Waals surface area contributed by atoms with Crippen LogP contribution in [-0.2, 0) is 16.0 Å². The molecule has 1 aromatic rings. The topological polar surface area (TPSA) is 62.3 Å². The van der Waals surface area contributed by atoms with E-state index in [0.717, 1.165) is 31.7 Å². The summed E-state index contributed by atoms with van der Waals surface area (Å²) in [7, 11) is 1.75. The van der Waals surface area contributed by atoms with Crippen LogP contribution in [0.15, 0.2) is 12.5 Å². The van der Waals surface area contributed by atoms with E-state index >= 15 is 0 Å². The lowest BCUT2D eigenvalue weighted by atomic mass is 10.0. The molecule has 2 N–H and O–H groups in total. The molecule has 0 bridgehead atoms. The third-order valence-electron chi connectivity index (χ3n) is 3.81. The number of ether oxygens (including phenoxy) is 2. The Bertz CT molecular complexity index is 397. The predicted molar refractivity (Wildman–Crippen MR) is 73.8 cm³/mol. The molecular formula is C14H25N3O2. The Morgan fingerprint density at radius 2 is 2.37 bits per heavy atom. The fourth-order valence-corrected chi connectivity index (χ4v) is 2.65. The minimum absolute atomic E-state index is 0.0266. The largest absolute Gasteiger partial charge is 0.378 e. The molecule has 2 unspecified atom stereocenters. The first-order valence-electron chi connectivity index (χ1n) is 6.95. The Labute approximate surface area is 115 Å². The SMILES string of the molecule is COC1(Cn2cncc2C(N)CC(C)C)CCOC1. The second kappa shape index (κ2) is 6.03. The van der Waals surface area contributed by atoms with Crippen molar-refractivity contribution in [3.63, 3.8) is 0 Å². The molecule has 0 aromatic carbocycles. The molecule has 19 heavy (non-hydrogen) atoms. The van der Waals surface area contributed by atoms with Gasteiger partial charge in [-0.05, 0) is 12.3 Å². The van der Waals surface area contributed by atoms with E-state index in [2.05, 4.69) is 23.4 Å². The molecule has 1 aliphatic heterocycles. The molecule has 5 heteroatoms. The maximum absolute atomic E-state index is 6.27. The van der Waals surface area contributed by atoms with E-state index in [4.69, 9.17) is 15.2 Å². The van der Waals surface area contributed by atoms with E-state index in [1.807, 2.05) is 12.5 Å². The molecule has 1 saturated heterocycles. The van der Waals surface area contributed by atoms with Crippen LogP contribution in [0.5, 0.6) is 0 Å². The zero-order chi connectivity index (χ0) is 13.9. The number of hydrogen-bond acceptors (Lipinski definition) is 4. The van der Waals surface area contributed by atoms with Crippen LogP contribution in [0.25, 0.3) is 0 Å². The van der Waals surface area contributed by atoms with Crippen molar-refractivity contribution in [3.8, 4) is 0 Å². The lowest BCUT2D eigenvalue weighted by molar-refractivity contribution is -0.0301. The van der Waals surface area contributed by atoms with Gasteiger partial charge in [0.1, 0.15) is 5.60 Å². The summed E-state index contributed by atoms with van der Waals surface area (Å²) >= 11 is 0. The van der Waals surface area contributed by atoms with Gasteiger partial charge in [0.15, 0.2) is 0 Å². The zero-order valence-corrected chi connectivity index (χ0v) is 12.1. The highest BCUT2D eigenvalue weighted by Gasteiger charge is 2.36. The Morgan fingerprint density at radius 3 is 2.95 bits per heavy atom. The van der Waals surface area contributed by atoms with Gasteiger partial charge in [-0.2, -0.15) is 0 Å². The van der Waals surface area contributed by atoms with E-state index in [1.165, 1.54) is 0 Å². The average Bonchev–Trinajstić information content (AvgIpc) is 2.98. The van der Waals surface area contributed by atoms with E-state index in [9.17, 15) is 0 Å². The van der Waals surface area contributed by atoms with Gasteiger partial charge < -0.3 is 19.8 Å². The summed E-state index contributed by atoms with van der Waals surface area (Å²) in [5.74, 6) is 0.574. The normalized spacial score (nSPS) is 25.1. The number of rotatable bonds is 6. The van der Waals surface area contributed by atoms with Gasteiger partial charge in [-0.1, -0.05) is 13.8 Å². The Hall–Kier alpha value is -0.910. The number of aromatic nitrogens is 2. The predicted octanol–water partition coefficient (Wildman–Crippen LogP) is 1.73. The summed E-state index contributed by atoms with van der Waals surface area (Å²) in [6, 6.07) is 0.0266. The van der Waals surface area contributed by atoms with Gasteiger partial charge in [-0.3, -0.25) is 0 Å². The highest BCUT2D eigenvalue weighted by atomic mass is 16.5. The number of nitrogens with zero attached hydrogens (tertiary/aromatic N) is 2. The van der Waals surface area contributed by atoms with Gasteiger partial charge in [-0.15, -0.1) is 0 Å². The summed E-state index contributed by atoms with van der Waals surface area (Å²) in [6.07, 6.45) is 5.59. The van der Waals surface area contributed by atoms with E-state index in [1.54, 1.807) is 7.11 Å². The van der Waals surface area contributed by atoms with Gasteiger partial charge in [0, 0.05) is 32.4 Å². The van der Waals surface area contributed by atoms with Crippen molar-refractivity contribution < 1.29 is 9.47 Å². The Morgan fingerprint density at radius 1 is 1.58 bits per heavy atom. The van der Waals surface area contributed by atoms with Gasteiger partial charge in [0.2, 0.25) is 0 Å². The van der Waals surface area contributed by atoms with Crippen molar-refractivity contribution in [2.24, 2.45) is 11.7 Å². The van der Waals surface area contributed by atoms with Crippen LogP contribution in [-0.4, -0.2) is 35.5 Å². The van der Waals surface area contributed by atoms with Crippen LogP contribution < -0.4 is 5.73 Å². The molecule has 2 rings (SSSR count). The van der Waals surface area contributed by atoms with Crippen molar-refractivity contribution >= 4 is 0 Å². The summed E-state index contributed by atoms with van der Waals surface area (Å²) < 4.78 is 13.3. The van der Waals surface area contributed by atoms with E-state index < -0.39 is 0 Å². The molecule has 1 fully saturated rings. The molecule has 0 radical (unpaired) electrons. The lowest BCUT2D eigenvalue weighted by Gasteiger charge is -2.28. The number of imidazole rings is 1. The zero-order valence-electron chi connectivity index (χ0n) is 12.1. The van der Waals surface area contributed by atoms with Crippen molar-refractivity contribution in [1.82, 2.24) is 9.55 Å². The second-order valence-electron chi connectivity index (χ2n) is 5.87. The van der Waals surface area contributed by atoms with Gasteiger partial charge in [0.05, 0.1) is 25.2 Å². The molecule has 0 saturated carbocycles. The molecule has 0 aliphatic carbocycles. The summed E-state index contributed by atoms with van der Waals surface area (Å²) in [5.41, 5.74) is 7.12. The van der Waals surface area contributed by atoms with Gasteiger partial charge in [-0.25, -0.2) is 4.98 Å². The fourth-order valence-electron chi connectivity index (χ4n) is 2.65. The minimum atomic E-state index is -0.229.